The third-order valence-corrected chi connectivity index (χ3v) is 6.35. The van der Waals surface area contributed by atoms with Gasteiger partial charge in [0.15, 0.2) is 5.82 Å². The highest BCUT2D eigenvalue weighted by molar-refractivity contribution is 5.81. The van der Waals surface area contributed by atoms with Gasteiger partial charge >= 0.3 is 0 Å². The maximum Gasteiger partial charge on any atom is 0.238 e. The highest BCUT2D eigenvalue weighted by Gasteiger charge is 2.24. The Morgan fingerprint density at radius 3 is 2.53 bits per heavy atom. The van der Waals surface area contributed by atoms with Crippen LogP contribution in [0.15, 0.2) is 67.0 Å². The molecule has 0 saturated carbocycles. The highest BCUT2D eigenvalue weighted by Crippen LogP contribution is 2.18. The van der Waals surface area contributed by atoms with Crippen LogP contribution in [0.4, 0.5) is 11.6 Å². The SMILES string of the molecule is CNC(=O)[C@H]1CN(Cc2ccc(Cc3nccc(Nc4ccnc(-c5cccc(C)n5)n4)n3)cc2)CCN1. The summed E-state index contributed by atoms with van der Waals surface area (Å²) in [6.45, 7) is 5.17. The predicted molar refractivity (Wildman–Crippen MR) is 146 cm³/mol. The van der Waals surface area contributed by atoms with Crippen molar-refractivity contribution < 1.29 is 4.79 Å². The van der Waals surface area contributed by atoms with Crippen LogP contribution in [0.1, 0.15) is 22.6 Å². The molecule has 0 spiro atoms. The van der Waals surface area contributed by atoms with Crippen LogP contribution in [0.2, 0.25) is 0 Å². The minimum atomic E-state index is -0.167. The van der Waals surface area contributed by atoms with Crippen LogP contribution in [-0.4, -0.2) is 68.5 Å². The third-order valence-electron chi connectivity index (χ3n) is 6.35. The van der Waals surface area contributed by atoms with Gasteiger partial charge in [-0.2, -0.15) is 0 Å². The Kier molecular flexibility index (Phi) is 7.91. The lowest BCUT2D eigenvalue weighted by molar-refractivity contribution is -0.123. The van der Waals surface area contributed by atoms with Crippen LogP contribution < -0.4 is 16.0 Å². The lowest BCUT2D eigenvalue weighted by atomic mass is 10.1. The van der Waals surface area contributed by atoms with Crippen LogP contribution >= 0.6 is 0 Å². The Bertz CT molecular complexity index is 1390. The van der Waals surface area contributed by atoms with Crippen molar-refractivity contribution in [2.45, 2.75) is 25.9 Å². The Balaban J connectivity index is 1.20. The smallest absolute Gasteiger partial charge is 0.238 e. The van der Waals surface area contributed by atoms with Crippen molar-refractivity contribution in [3.05, 3.63) is 89.6 Å². The van der Waals surface area contributed by atoms with E-state index < -0.39 is 0 Å². The molecule has 10 heteroatoms. The fraction of sp³-hybridized carbons (Fsp3) is 0.286. The van der Waals surface area contributed by atoms with Crippen LogP contribution in [0.5, 0.6) is 0 Å². The van der Waals surface area contributed by atoms with Crippen molar-refractivity contribution >= 4 is 17.5 Å². The number of amides is 1. The zero-order valence-corrected chi connectivity index (χ0v) is 21.6. The van der Waals surface area contributed by atoms with E-state index >= 15 is 0 Å². The number of benzene rings is 1. The summed E-state index contributed by atoms with van der Waals surface area (Å²) in [4.78, 5) is 36.9. The van der Waals surface area contributed by atoms with E-state index in [1.165, 1.54) is 5.56 Å². The molecule has 1 amide bonds. The van der Waals surface area contributed by atoms with Crippen molar-refractivity contribution in [3.8, 4) is 11.5 Å². The zero-order chi connectivity index (χ0) is 26.3. The molecule has 1 aromatic carbocycles. The van der Waals surface area contributed by atoms with Crippen molar-refractivity contribution in [2.75, 3.05) is 32.0 Å². The molecule has 1 aliphatic heterocycles. The monoisotopic (exact) mass is 509 g/mol. The van der Waals surface area contributed by atoms with E-state index in [-0.39, 0.29) is 11.9 Å². The molecule has 5 rings (SSSR count). The molecule has 0 radical (unpaired) electrons. The number of nitrogens with one attached hydrogen (secondary N) is 3. The first kappa shape index (κ1) is 25.4. The number of hydrogen-bond donors (Lipinski definition) is 3. The number of rotatable bonds is 8. The quantitative estimate of drug-likeness (QED) is 0.329. The molecular weight excluding hydrogens is 478 g/mol. The fourth-order valence-corrected chi connectivity index (χ4v) is 4.41. The van der Waals surface area contributed by atoms with Gasteiger partial charge < -0.3 is 16.0 Å². The van der Waals surface area contributed by atoms with Crippen molar-refractivity contribution in [1.29, 1.82) is 0 Å². The maximum absolute atomic E-state index is 12.0. The number of aromatic nitrogens is 5. The second-order valence-corrected chi connectivity index (χ2v) is 9.26. The topological polar surface area (TPSA) is 121 Å². The van der Waals surface area contributed by atoms with Crippen molar-refractivity contribution in [2.24, 2.45) is 0 Å². The van der Waals surface area contributed by atoms with Gasteiger partial charge in [0, 0.05) is 57.7 Å². The summed E-state index contributed by atoms with van der Waals surface area (Å²) >= 11 is 0. The van der Waals surface area contributed by atoms with E-state index in [1.54, 1.807) is 25.5 Å². The van der Waals surface area contributed by atoms with E-state index in [9.17, 15) is 4.79 Å². The van der Waals surface area contributed by atoms with E-state index in [0.717, 1.165) is 36.6 Å². The van der Waals surface area contributed by atoms with Gasteiger partial charge in [-0.1, -0.05) is 30.3 Å². The molecule has 4 aromatic rings. The number of carbonyl (C=O) groups is 1. The van der Waals surface area contributed by atoms with Gasteiger partial charge in [0.2, 0.25) is 5.91 Å². The van der Waals surface area contributed by atoms with Crippen LogP contribution in [0.3, 0.4) is 0 Å². The Hall–Kier alpha value is -4.28. The zero-order valence-electron chi connectivity index (χ0n) is 21.6. The average Bonchev–Trinajstić information content (AvgIpc) is 2.94. The maximum atomic E-state index is 12.0. The Morgan fingerprint density at radius 2 is 1.74 bits per heavy atom. The standard InChI is InChI=1S/C28H31N9O/c1-19-4-3-5-22(33-19)27-32-13-11-25(36-27)34-24-10-12-31-26(35-24)16-20-6-8-21(9-7-20)17-37-15-14-30-23(18-37)28(38)29-2/h3-13,23,30H,14-18H2,1-2H3,(H,29,38)(H,31,32,34,35,36)/t23-/m1/s1. The van der Waals surface area contributed by atoms with Gasteiger partial charge in [0.05, 0.1) is 6.04 Å². The number of anilines is 2. The Morgan fingerprint density at radius 1 is 0.974 bits per heavy atom. The minimum Gasteiger partial charge on any atom is -0.358 e. The number of likely N-dealkylation sites (N-methyl/N-ethyl adjacent to an activating group) is 1. The van der Waals surface area contributed by atoms with E-state index in [2.05, 4.69) is 70.0 Å². The van der Waals surface area contributed by atoms with Gasteiger partial charge in [0.1, 0.15) is 23.2 Å². The van der Waals surface area contributed by atoms with E-state index in [1.807, 2.05) is 31.2 Å². The molecule has 1 aliphatic rings. The molecule has 194 valence electrons. The molecule has 10 nitrogen and oxygen atoms in total. The summed E-state index contributed by atoms with van der Waals surface area (Å²) in [5.74, 6) is 2.60. The largest absolute Gasteiger partial charge is 0.358 e. The van der Waals surface area contributed by atoms with Gasteiger partial charge in [-0.05, 0) is 42.3 Å². The number of pyridine rings is 1. The van der Waals surface area contributed by atoms with Crippen LogP contribution in [0.25, 0.3) is 11.5 Å². The molecule has 1 atom stereocenters. The summed E-state index contributed by atoms with van der Waals surface area (Å²) in [6.07, 6.45) is 4.07. The summed E-state index contributed by atoms with van der Waals surface area (Å²) in [6, 6.07) is 17.7. The lowest BCUT2D eigenvalue weighted by Gasteiger charge is -2.32. The first-order chi connectivity index (χ1) is 18.6. The Labute approximate surface area is 222 Å². The highest BCUT2D eigenvalue weighted by atomic mass is 16.2. The fourth-order valence-electron chi connectivity index (χ4n) is 4.41. The molecule has 4 heterocycles. The molecule has 3 aromatic heterocycles. The van der Waals surface area contributed by atoms with Crippen molar-refractivity contribution in [3.63, 3.8) is 0 Å². The second kappa shape index (κ2) is 11.8. The molecule has 0 aliphatic carbocycles. The van der Waals surface area contributed by atoms with Crippen LogP contribution in [-0.2, 0) is 17.8 Å². The number of piperazine rings is 1. The summed E-state index contributed by atoms with van der Waals surface area (Å²) in [5, 5.41) is 9.25. The molecule has 1 fully saturated rings. The van der Waals surface area contributed by atoms with E-state index in [0.29, 0.717) is 36.3 Å². The van der Waals surface area contributed by atoms with Gasteiger partial charge in [-0.3, -0.25) is 9.69 Å². The number of hydrogen-bond acceptors (Lipinski definition) is 9. The molecular formula is C28H31N9O. The lowest BCUT2D eigenvalue weighted by Crippen LogP contribution is -2.56. The third kappa shape index (κ3) is 6.53. The average molecular weight is 510 g/mol. The van der Waals surface area contributed by atoms with Gasteiger partial charge in [-0.15, -0.1) is 0 Å². The number of carbonyl (C=O) groups excluding carboxylic acids is 1. The molecule has 38 heavy (non-hydrogen) atoms. The van der Waals surface area contributed by atoms with E-state index in [4.69, 9.17) is 0 Å². The number of aryl methyl sites for hydroxylation is 1. The molecule has 1 saturated heterocycles. The first-order valence-electron chi connectivity index (χ1n) is 12.7. The second-order valence-electron chi connectivity index (χ2n) is 9.26. The summed E-state index contributed by atoms with van der Waals surface area (Å²) < 4.78 is 0. The first-order valence-corrected chi connectivity index (χ1v) is 12.7. The molecule has 0 unspecified atom stereocenters. The predicted octanol–water partition coefficient (Wildman–Crippen LogP) is 2.49. The number of nitrogens with zero attached hydrogens (tertiary/aromatic N) is 6. The van der Waals surface area contributed by atoms with Gasteiger partial charge in [-0.25, -0.2) is 24.9 Å². The summed E-state index contributed by atoms with van der Waals surface area (Å²) in [5.41, 5.74) is 3.98. The summed E-state index contributed by atoms with van der Waals surface area (Å²) in [7, 11) is 1.67. The normalized spacial score (nSPS) is 15.7. The van der Waals surface area contributed by atoms with Crippen LogP contribution in [0, 0.1) is 6.92 Å². The molecule has 0 bridgehead atoms. The van der Waals surface area contributed by atoms with Crippen molar-refractivity contribution in [1.82, 2.24) is 40.5 Å². The molecule has 3 N–H and O–H groups in total. The minimum absolute atomic E-state index is 0.0326. The van der Waals surface area contributed by atoms with Gasteiger partial charge in [0.25, 0.3) is 0 Å².